The summed E-state index contributed by atoms with van der Waals surface area (Å²) in [5, 5.41) is 2.99. The molecule has 0 radical (unpaired) electrons. The summed E-state index contributed by atoms with van der Waals surface area (Å²) in [6.45, 7) is 2.67. The molecule has 1 aliphatic heterocycles. The lowest BCUT2D eigenvalue weighted by molar-refractivity contribution is 0.0955. The number of nitrogens with one attached hydrogen (secondary N) is 1. The molecule has 5 nitrogen and oxygen atoms in total. The van der Waals surface area contributed by atoms with Crippen molar-refractivity contribution in [2.45, 2.75) is 32.1 Å². The van der Waals surface area contributed by atoms with Gasteiger partial charge in [-0.25, -0.2) is 4.79 Å². The summed E-state index contributed by atoms with van der Waals surface area (Å²) in [6.07, 6.45) is 10.3. The number of hydrogen-bond donors (Lipinski definition) is 1. The third-order valence-electron chi connectivity index (χ3n) is 5.20. The summed E-state index contributed by atoms with van der Waals surface area (Å²) in [6, 6.07) is 7.52. The van der Waals surface area contributed by atoms with E-state index < -0.39 is 0 Å². The molecule has 1 saturated heterocycles. The van der Waals surface area contributed by atoms with Crippen molar-refractivity contribution in [3.63, 3.8) is 0 Å². The topological polar surface area (TPSA) is 50.8 Å². The standard InChI is InChI=1S/C20H28N2O3/c1-24-17-7-5-8-18(15-17)25-14-12-21-19(23)22-13-6-11-20(16-22)9-3-2-4-10-20/h2-3,5,7-8,15H,4,6,9-14,16H2,1H3,(H,21,23). The summed E-state index contributed by atoms with van der Waals surface area (Å²) in [7, 11) is 1.63. The summed E-state index contributed by atoms with van der Waals surface area (Å²) in [5.74, 6) is 1.51. The van der Waals surface area contributed by atoms with Crippen molar-refractivity contribution in [3.05, 3.63) is 36.4 Å². The molecule has 25 heavy (non-hydrogen) atoms. The molecule has 0 aromatic heterocycles. The van der Waals surface area contributed by atoms with E-state index in [2.05, 4.69) is 17.5 Å². The molecule has 0 saturated carbocycles. The van der Waals surface area contributed by atoms with Crippen molar-refractivity contribution >= 4 is 6.03 Å². The molecule has 1 aromatic carbocycles. The normalized spacial score (nSPS) is 22.7. The van der Waals surface area contributed by atoms with E-state index in [4.69, 9.17) is 9.47 Å². The van der Waals surface area contributed by atoms with Gasteiger partial charge in [0.1, 0.15) is 18.1 Å². The van der Waals surface area contributed by atoms with Crippen LogP contribution in [0.5, 0.6) is 11.5 Å². The predicted octanol–water partition coefficient (Wildman–Crippen LogP) is 3.61. The first kappa shape index (κ1) is 17.6. The summed E-state index contributed by atoms with van der Waals surface area (Å²) < 4.78 is 10.8. The number of methoxy groups -OCH3 is 1. The Morgan fingerprint density at radius 2 is 2.16 bits per heavy atom. The van der Waals surface area contributed by atoms with Crippen LogP contribution in [-0.4, -0.2) is 44.3 Å². The minimum atomic E-state index is 0.0304. The average Bonchev–Trinajstić information content (AvgIpc) is 2.66. The van der Waals surface area contributed by atoms with Crippen LogP contribution in [-0.2, 0) is 0 Å². The number of amides is 2. The Morgan fingerprint density at radius 3 is 2.96 bits per heavy atom. The molecule has 1 fully saturated rings. The SMILES string of the molecule is COc1cccc(OCCNC(=O)N2CCCC3(CC=CCC3)C2)c1. The Bertz CT molecular complexity index is 617. The molecule has 136 valence electrons. The van der Waals surface area contributed by atoms with Gasteiger partial charge in [0.2, 0.25) is 0 Å². The molecule has 2 amide bonds. The van der Waals surface area contributed by atoms with E-state index in [0.717, 1.165) is 43.9 Å². The van der Waals surface area contributed by atoms with Crippen LogP contribution >= 0.6 is 0 Å². The van der Waals surface area contributed by atoms with Gasteiger partial charge in [-0.15, -0.1) is 0 Å². The van der Waals surface area contributed by atoms with E-state index in [0.29, 0.717) is 18.6 Å². The molecule has 0 bridgehead atoms. The molecule has 1 spiro atoms. The highest BCUT2D eigenvalue weighted by Crippen LogP contribution is 2.40. The van der Waals surface area contributed by atoms with Crippen molar-refractivity contribution in [1.29, 1.82) is 0 Å². The van der Waals surface area contributed by atoms with Gasteiger partial charge < -0.3 is 19.7 Å². The van der Waals surface area contributed by atoms with Crippen LogP contribution in [0.2, 0.25) is 0 Å². The number of likely N-dealkylation sites (tertiary alicyclic amines) is 1. The van der Waals surface area contributed by atoms with Crippen LogP contribution in [0.1, 0.15) is 32.1 Å². The number of benzene rings is 1. The lowest BCUT2D eigenvalue weighted by atomic mass is 9.71. The number of hydrogen-bond acceptors (Lipinski definition) is 3. The minimum Gasteiger partial charge on any atom is -0.497 e. The number of allylic oxidation sites excluding steroid dienone is 2. The van der Waals surface area contributed by atoms with Gasteiger partial charge in [0.15, 0.2) is 0 Å². The summed E-state index contributed by atoms with van der Waals surface area (Å²) >= 11 is 0. The number of ether oxygens (including phenoxy) is 2. The molecule has 2 aliphatic rings. The zero-order chi connectivity index (χ0) is 17.5. The Kier molecular flexibility index (Phi) is 5.84. The van der Waals surface area contributed by atoms with E-state index in [1.165, 1.54) is 12.8 Å². The molecule has 5 heteroatoms. The van der Waals surface area contributed by atoms with Crippen LogP contribution in [0.15, 0.2) is 36.4 Å². The van der Waals surface area contributed by atoms with Crippen LogP contribution in [0.3, 0.4) is 0 Å². The number of piperidine rings is 1. The fourth-order valence-electron chi connectivity index (χ4n) is 3.82. The highest BCUT2D eigenvalue weighted by molar-refractivity contribution is 5.74. The highest BCUT2D eigenvalue weighted by Gasteiger charge is 2.36. The maximum absolute atomic E-state index is 12.5. The highest BCUT2D eigenvalue weighted by atomic mass is 16.5. The molecular formula is C20H28N2O3. The zero-order valence-electron chi connectivity index (χ0n) is 15.0. The number of carbonyl (C=O) groups is 1. The third-order valence-corrected chi connectivity index (χ3v) is 5.20. The van der Waals surface area contributed by atoms with Gasteiger partial charge in [-0.1, -0.05) is 18.2 Å². The Balaban J connectivity index is 1.42. The fourth-order valence-corrected chi connectivity index (χ4v) is 3.82. The second-order valence-corrected chi connectivity index (χ2v) is 7.00. The summed E-state index contributed by atoms with van der Waals surface area (Å²) in [5.41, 5.74) is 0.307. The second-order valence-electron chi connectivity index (χ2n) is 7.00. The third kappa shape index (κ3) is 4.68. The van der Waals surface area contributed by atoms with Crippen molar-refractivity contribution in [2.24, 2.45) is 5.41 Å². The van der Waals surface area contributed by atoms with Crippen molar-refractivity contribution < 1.29 is 14.3 Å². The maximum Gasteiger partial charge on any atom is 0.317 e. The van der Waals surface area contributed by atoms with Gasteiger partial charge >= 0.3 is 6.03 Å². The van der Waals surface area contributed by atoms with E-state index in [-0.39, 0.29) is 6.03 Å². The quantitative estimate of drug-likeness (QED) is 0.656. The molecule has 1 aliphatic carbocycles. The molecule has 1 N–H and O–H groups in total. The number of nitrogens with zero attached hydrogens (tertiary/aromatic N) is 1. The average molecular weight is 344 g/mol. The largest absolute Gasteiger partial charge is 0.497 e. The first-order valence-corrected chi connectivity index (χ1v) is 9.15. The number of carbonyl (C=O) groups excluding carboxylic acids is 1. The van der Waals surface area contributed by atoms with Gasteiger partial charge in [-0.2, -0.15) is 0 Å². The molecule has 1 atom stereocenters. The predicted molar refractivity (Wildman–Crippen MR) is 98.1 cm³/mol. The second kappa shape index (κ2) is 8.28. The van der Waals surface area contributed by atoms with E-state index in [1.807, 2.05) is 29.2 Å². The lowest BCUT2D eigenvalue weighted by Gasteiger charge is -2.43. The van der Waals surface area contributed by atoms with Gasteiger partial charge in [-0.3, -0.25) is 0 Å². The van der Waals surface area contributed by atoms with E-state index >= 15 is 0 Å². The number of rotatable bonds is 5. The van der Waals surface area contributed by atoms with Gasteiger partial charge in [0, 0.05) is 19.2 Å². The minimum absolute atomic E-state index is 0.0304. The zero-order valence-corrected chi connectivity index (χ0v) is 15.0. The summed E-state index contributed by atoms with van der Waals surface area (Å²) in [4.78, 5) is 14.4. The molecule has 1 unspecified atom stereocenters. The lowest BCUT2D eigenvalue weighted by Crippen LogP contribution is -2.50. The van der Waals surface area contributed by atoms with Crippen LogP contribution < -0.4 is 14.8 Å². The van der Waals surface area contributed by atoms with Crippen molar-refractivity contribution in [1.82, 2.24) is 10.2 Å². The van der Waals surface area contributed by atoms with Crippen molar-refractivity contribution in [2.75, 3.05) is 33.4 Å². The van der Waals surface area contributed by atoms with E-state index in [1.54, 1.807) is 7.11 Å². The number of urea groups is 1. The van der Waals surface area contributed by atoms with E-state index in [9.17, 15) is 4.79 Å². The Morgan fingerprint density at radius 1 is 1.28 bits per heavy atom. The van der Waals surface area contributed by atoms with Crippen LogP contribution in [0, 0.1) is 5.41 Å². The smallest absolute Gasteiger partial charge is 0.317 e. The van der Waals surface area contributed by atoms with Crippen LogP contribution in [0.25, 0.3) is 0 Å². The van der Waals surface area contributed by atoms with Gasteiger partial charge in [0.25, 0.3) is 0 Å². The molecular weight excluding hydrogens is 316 g/mol. The van der Waals surface area contributed by atoms with Gasteiger partial charge in [-0.05, 0) is 49.7 Å². The molecule has 3 rings (SSSR count). The van der Waals surface area contributed by atoms with Gasteiger partial charge in [0.05, 0.1) is 13.7 Å². The van der Waals surface area contributed by atoms with Crippen LogP contribution in [0.4, 0.5) is 4.79 Å². The first-order valence-electron chi connectivity index (χ1n) is 9.15. The fraction of sp³-hybridized carbons (Fsp3) is 0.550. The Hall–Kier alpha value is -2.17. The van der Waals surface area contributed by atoms with Crippen molar-refractivity contribution in [3.8, 4) is 11.5 Å². The molecule has 1 heterocycles. The Labute approximate surface area is 150 Å². The maximum atomic E-state index is 12.5. The monoisotopic (exact) mass is 344 g/mol. The molecule has 1 aromatic rings. The first-order chi connectivity index (χ1) is 12.2.